The summed E-state index contributed by atoms with van der Waals surface area (Å²) in [6, 6.07) is 8.66. The Morgan fingerprint density at radius 1 is 1.29 bits per heavy atom. The van der Waals surface area contributed by atoms with Gasteiger partial charge in [-0.15, -0.1) is 0 Å². The number of carbonyl (C=O) groups is 1. The Morgan fingerprint density at radius 2 is 1.90 bits per heavy atom. The average molecular weight is 290 g/mol. The van der Waals surface area contributed by atoms with E-state index in [-0.39, 0.29) is 6.09 Å². The second kappa shape index (κ2) is 5.96. The number of anilines is 1. The van der Waals surface area contributed by atoms with E-state index >= 15 is 0 Å². The van der Waals surface area contributed by atoms with Crippen LogP contribution < -0.4 is 5.32 Å². The summed E-state index contributed by atoms with van der Waals surface area (Å²) in [6.45, 7) is 11.4. The van der Waals surface area contributed by atoms with Crippen LogP contribution >= 0.6 is 0 Å². The number of hydrogen-bond acceptors (Lipinski definition) is 3. The molecule has 1 fully saturated rings. The van der Waals surface area contributed by atoms with Crippen LogP contribution in [0.2, 0.25) is 0 Å². The topological polar surface area (TPSA) is 41.6 Å². The fourth-order valence-corrected chi connectivity index (χ4v) is 2.40. The molecular weight excluding hydrogens is 264 g/mol. The zero-order chi connectivity index (χ0) is 15.6. The van der Waals surface area contributed by atoms with E-state index in [4.69, 9.17) is 4.74 Å². The standard InChI is InChI=1S/C17H26N2O2/c1-12(2)14-8-6-7-9-15(14)18-13-10-19(11-13)16(20)21-17(3,4)5/h6-9,12-13,18H,10-11H2,1-5H3. The van der Waals surface area contributed by atoms with Crippen LogP contribution in [0.1, 0.15) is 46.1 Å². The van der Waals surface area contributed by atoms with E-state index in [1.165, 1.54) is 11.3 Å². The number of nitrogens with zero attached hydrogens (tertiary/aromatic N) is 1. The minimum Gasteiger partial charge on any atom is -0.444 e. The number of ether oxygens (including phenoxy) is 1. The van der Waals surface area contributed by atoms with Gasteiger partial charge in [0, 0.05) is 18.8 Å². The lowest BCUT2D eigenvalue weighted by atomic mass is 10.00. The zero-order valence-corrected chi connectivity index (χ0v) is 13.6. The molecule has 0 radical (unpaired) electrons. The Bertz CT molecular complexity index is 500. The van der Waals surface area contributed by atoms with Crippen LogP contribution in [0.25, 0.3) is 0 Å². The summed E-state index contributed by atoms with van der Waals surface area (Å²) < 4.78 is 5.36. The molecule has 0 unspecified atom stereocenters. The number of hydrogen-bond donors (Lipinski definition) is 1. The maximum atomic E-state index is 11.9. The average Bonchev–Trinajstić information content (AvgIpc) is 2.31. The Hall–Kier alpha value is -1.71. The molecule has 0 atom stereocenters. The van der Waals surface area contributed by atoms with Gasteiger partial charge in [-0.25, -0.2) is 4.79 Å². The zero-order valence-electron chi connectivity index (χ0n) is 13.6. The lowest BCUT2D eigenvalue weighted by Crippen LogP contribution is -2.58. The molecule has 1 amide bonds. The monoisotopic (exact) mass is 290 g/mol. The highest BCUT2D eigenvalue weighted by Crippen LogP contribution is 2.26. The number of carbonyl (C=O) groups excluding carboxylic acids is 1. The molecule has 0 bridgehead atoms. The molecule has 1 saturated heterocycles. The third-order valence-electron chi connectivity index (χ3n) is 3.48. The van der Waals surface area contributed by atoms with Gasteiger partial charge in [0.15, 0.2) is 0 Å². The first-order valence-electron chi connectivity index (χ1n) is 7.59. The van der Waals surface area contributed by atoms with Gasteiger partial charge in [0.25, 0.3) is 0 Å². The molecule has 1 heterocycles. The van der Waals surface area contributed by atoms with Crippen molar-refractivity contribution in [1.29, 1.82) is 0 Å². The van der Waals surface area contributed by atoms with E-state index in [1.54, 1.807) is 4.90 Å². The normalized spacial score (nSPS) is 15.8. The van der Waals surface area contributed by atoms with Gasteiger partial charge in [-0.1, -0.05) is 32.0 Å². The molecule has 0 spiro atoms. The molecule has 4 nitrogen and oxygen atoms in total. The van der Waals surface area contributed by atoms with Crippen LogP contribution in [0.5, 0.6) is 0 Å². The summed E-state index contributed by atoms with van der Waals surface area (Å²) in [5.41, 5.74) is 2.05. The van der Waals surface area contributed by atoms with Gasteiger partial charge in [0.1, 0.15) is 5.60 Å². The first-order chi connectivity index (χ1) is 9.76. The fraction of sp³-hybridized carbons (Fsp3) is 0.588. The number of rotatable bonds is 3. The van der Waals surface area contributed by atoms with Crippen LogP contribution in [-0.2, 0) is 4.74 Å². The van der Waals surface area contributed by atoms with E-state index in [0.29, 0.717) is 25.0 Å². The van der Waals surface area contributed by atoms with Gasteiger partial charge in [-0.05, 0) is 38.3 Å². The fourth-order valence-electron chi connectivity index (χ4n) is 2.40. The van der Waals surface area contributed by atoms with E-state index in [2.05, 4.69) is 37.4 Å². The van der Waals surface area contributed by atoms with Gasteiger partial charge < -0.3 is 15.0 Å². The molecular formula is C17H26N2O2. The van der Waals surface area contributed by atoms with Crippen LogP contribution in [0.3, 0.4) is 0 Å². The van der Waals surface area contributed by atoms with Crippen molar-refractivity contribution in [2.45, 2.75) is 52.2 Å². The van der Waals surface area contributed by atoms with Crippen molar-refractivity contribution in [3.8, 4) is 0 Å². The van der Waals surface area contributed by atoms with E-state index in [9.17, 15) is 4.79 Å². The predicted molar refractivity (Wildman–Crippen MR) is 85.7 cm³/mol. The van der Waals surface area contributed by atoms with Gasteiger partial charge in [-0.2, -0.15) is 0 Å². The summed E-state index contributed by atoms with van der Waals surface area (Å²) in [4.78, 5) is 13.6. The van der Waals surface area contributed by atoms with Gasteiger partial charge >= 0.3 is 6.09 Å². The van der Waals surface area contributed by atoms with Crippen molar-refractivity contribution in [2.24, 2.45) is 0 Å². The summed E-state index contributed by atoms with van der Waals surface area (Å²) in [5, 5.41) is 3.53. The van der Waals surface area contributed by atoms with Crippen molar-refractivity contribution in [3.63, 3.8) is 0 Å². The highest BCUT2D eigenvalue weighted by Gasteiger charge is 2.33. The van der Waals surface area contributed by atoms with Crippen molar-refractivity contribution < 1.29 is 9.53 Å². The lowest BCUT2D eigenvalue weighted by molar-refractivity contribution is 0.0105. The second-order valence-corrected chi connectivity index (χ2v) is 6.97. The van der Waals surface area contributed by atoms with Gasteiger partial charge in [-0.3, -0.25) is 0 Å². The summed E-state index contributed by atoms with van der Waals surface area (Å²) in [5.74, 6) is 0.482. The molecule has 1 aliphatic rings. The largest absolute Gasteiger partial charge is 0.444 e. The maximum absolute atomic E-state index is 11.9. The Labute approximate surface area is 127 Å². The van der Waals surface area contributed by atoms with Gasteiger partial charge in [0.05, 0.1) is 6.04 Å². The number of likely N-dealkylation sites (tertiary alicyclic amines) is 1. The highest BCUT2D eigenvalue weighted by atomic mass is 16.6. The second-order valence-electron chi connectivity index (χ2n) is 6.97. The highest BCUT2D eigenvalue weighted by molar-refractivity contribution is 5.70. The van der Waals surface area contributed by atoms with E-state index in [1.807, 2.05) is 26.8 Å². The van der Waals surface area contributed by atoms with Crippen LogP contribution in [0.4, 0.5) is 10.5 Å². The number of nitrogens with one attached hydrogen (secondary N) is 1. The third-order valence-corrected chi connectivity index (χ3v) is 3.48. The van der Waals surface area contributed by atoms with Crippen LogP contribution in [0.15, 0.2) is 24.3 Å². The first kappa shape index (κ1) is 15.7. The minimum atomic E-state index is -0.431. The molecule has 1 N–H and O–H groups in total. The summed E-state index contributed by atoms with van der Waals surface area (Å²) in [7, 11) is 0. The smallest absolute Gasteiger partial charge is 0.410 e. The molecule has 21 heavy (non-hydrogen) atoms. The molecule has 1 aromatic rings. The maximum Gasteiger partial charge on any atom is 0.410 e. The molecule has 0 aromatic heterocycles. The SMILES string of the molecule is CC(C)c1ccccc1NC1CN(C(=O)OC(C)(C)C)C1. The van der Waals surface area contributed by atoms with Crippen molar-refractivity contribution in [3.05, 3.63) is 29.8 Å². The van der Waals surface area contributed by atoms with Crippen LogP contribution in [-0.4, -0.2) is 35.7 Å². The summed E-state index contributed by atoms with van der Waals surface area (Å²) >= 11 is 0. The Balaban J connectivity index is 1.88. The van der Waals surface area contributed by atoms with Crippen molar-refractivity contribution in [2.75, 3.05) is 18.4 Å². The van der Waals surface area contributed by atoms with Crippen molar-refractivity contribution >= 4 is 11.8 Å². The third kappa shape index (κ3) is 4.13. The molecule has 1 aliphatic heterocycles. The lowest BCUT2D eigenvalue weighted by Gasteiger charge is -2.40. The number of benzene rings is 1. The number of para-hydroxylation sites is 1. The molecule has 116 valence electrons. The molecule has 0 aliphatic carbocycles. The quantitative estimate of drug-likeness (QED) is 0.919. The molecule has 4 heteroatoms. The van der Waals surface area contributed by atoms with Gasteiger partial charge in [0.2, 0.25) is 0 Å². The molecule has 2 rings (SSSR count). The number of amides is 1. The Morgan fingerprint density at radius 3 is 2.48 bits per heavy atom. The van der Waals surface area contributed by atoms with E-state index in [0.717, 1.165) is 0 Å². The Kier molecular flexibility index (Phi) is 4.45. The van der Waals surface area contributed by atoms with Crippen molar-refractivity contribution in [1.82, 2.24) is 4.90 Å². The minimum absolute atomic E-state index is 0.224. The van der Waals surface area contributed by atoms with E-state index < -0.39 is 5.60 Å². The summed E-state index contributed by atoms with van der Waals surface area (Å²) in [6.07, 6.45) is -0.224. The molecule has 0 saturated carbocycles. The first-order valence-corrected chi connectivity index (χ1v) is 7.59. The molecule has 1 aromatic carbocycles. The van der Waals surface area contributed by atoms with Crippen LogP contribution in [0, 0.1) is 0 Å². The predicted octanol–water partition coefficient (Wildman–Crippen LogP) is 3.84.